The molecule has 0 aromatic heterocycles. The lowest BCUT2D eigenvalue weighted by Crippen LogP contribution is -2.19. The lowest BCUT2D eigenvalue weighted by Gasteiger charge is -2.19. The zero-order chi connectivity index (χ0) is 14.7. The summed E-state index contributed by atoms with van der Waals surface area (Å²) in [6.45, 7) is 0. The van der Waals surface area contributed by atoms with Crippen molar-refractivity contribution in [2.24, 2.45) is 0 Å². The van der Waals surface area contributed by atoms with Gasteiger partial charge in [0, 0.05) is 21.7 Å². The lowest BCUT2D eigenvalue weighted by atomic mass is 9.99. The number of nitrogens with one attached hydrogen (secondary N) is 1. The van der Waals surface area contributed by atoms with E-state index in [0.29, 0.717) is 20.1 Å². The van der Waals surface area contributed by atoms with Crippen molar-refractivity contribution in [2.75, 3.05) is 7.05 Å². The highest BCUT2D eigenvalue weighted by molar-refractivity contribution is 6.42. The van der Waals surface area contributed by atoms with Crippen molar-refractivity contribution in [2.45, 2.75) is 12.5 Å². The molecule has 1 N–H and O–H groups in total. The Hall–Kier alpha value is -0.440. The molecule has 0 aliphatic heterocycles. The third-order valence-electron chi connectivity index (χ3n) is 3.12. The number of hydrogen-bond donors (Lipinski definition) is 1. The van der Waals surface area contributed by atoms with Crippen molar-refractivity contribution in [3.63, 3.8) is 0 Å². The third-order valence-corrected chi connectivity index (χ3v) is 4.52. The van der Waals surface area contributed by atoms with Crippen LogP contribution in [0.25, 0.3) is 0 Å². The van der Waals surface area contributed by atoms with Gasteiger partial charge in [-0.05, 0) is 43.3 Å². The fourth-order valence-corrected chi connectivity index (χ4v) is 3.08. The van der Waals surface area contributed by atoms with Crippen LogP contribution in [0.3, 0.4) is 0 Å². The summed E-state index contributed by atoms with van der Waals surface area (Å²) in [6, 6.07) is 11.1. The predicted molar refractivity (Wildman–Crippen MR) is 88.4 cm³/mol. The minimum absolute atomic E-state index is 0.00782. The summed E-state index contributed by atoms with van der Waals surface area (Å²) >= 11 is 24.5. The van der Waals surface area contributed by atoms with Gasteiger partial charge in [-0.1, -0.05) is 58.5 Å². The van der Waals surface area contributed by atoms with Gasteiger partial charge in [0.1, 0.15) is 0 Å². The van der Waals surface area contributed by atoms with Crippen molar-refractivity contribution in [1.82, 2.24) is 5.32 Å². The van der Waals surface area contributed by atoms with Crippen molar-refractivity contribution in [3.05, 3.63) is 67.6 Å². The van der Waals surface area contributed by atoms with E-state index in [2.05, 4.69) is 5.32 Å². The zero-order valence-corrected chi connectivity index (χ0v) is 13.8. The van der Waals surface area contributed by atoms with Crippen molar-refractivity contribution in [1.29, 1.82) is 0 Å². The van der Waals surface area contributed by atoms with Crippen LogP contribution >= 0.6 is 46.4 Å². The van der Waals surface area contributed by atoms with E-state index < -0.39 is 0 Å². The number of benzene rings is 2. The minimum atomic E-state index is 0.00782. The van der Waals surface area contributed by atoms with Gasteiger partial charge in [0.25, 0.3) is 0 Å². The van der Waals surface area contributed by atoms with Crippen LogP contribution in [-0.4, -0.2) is 7.05 Å². The van der Waals surface area contributed by atoms with E-state index in [9.17, 15) is 0 Å². The summed E-state index contributed by atoms with van der Waals surface area (Å²) < 4.78 is 0. The lowest BCUT2D eigenvalue weighted by molar-refractivity contribution is 0.592. The molecule has 0 amide bonds. The van der Waals surface area contributed by atoms with Gasteiger partial charge in [0.15, 0.2) is 0 Å². The summed E-state index contributed by atoms with van der Waals surface area (Å²) in [7, 11) is 1.88. The molecular formula is C15H13Cl4N. The van der Waals surface area contributed by atoms with Crippen molar-refractivity contribution in [3.8, 4) is 0 Å². The first-order valence-corrected chi connectivity index (χ1v) is 7.59. The van der Waals surface area contributed by atoms with Crippen LogP contribution in [0.5, 0.6) is 0 Å². The fourth-order valence-electron chi connectivity index (χ4n) is 2.09. The zero-order valence-electron chi connectivity index (χ0n) is 10.8. The first-order valence-electron chi connectivity index (χ1n) is 6.08. The Morgan fingerprint density at radius 2 is 1.55 bits per heavy atom. The maximum Gasteiger partial charge on any atom is 0.0595 e. The summed E-state index contributed by atoms with van der Waals surface area (Å²) in [5.74, 6) is 0. The first kappa shape index (κ1) is 15.9. The molecule has 1 nitrogen and oxygen atoms in total. The molecule has 0 aliphatic rings. The Bertz CT molecular complexity index is 593. The van der Waals surface area contributed by atoms with Gasteiger partial charge in [-0.3, -0.25) is 0 Å². The molecule has 106 valence electrons. The molecule has 1 atom stereocenters. The number of halogens is 4. The smallest absolute Gasteiger partial charge is 0.0595 e. The van der Waals surface area contributed by atoms with E-state index >= 15 is 0 Å². The van der Waals surface area contributed by atoms with Crippen LogP contribution in [0, 0.1) is 0 Å². The summed E-state index contributed by atoms with van der Waals surface area (Å²) in [5, 5.41) is 5.63. The molecule has 0 spiro atoms. The van der Waals surface area contributed by atoms with Gasteiger partial charge in [-0.2, -0.15) is 0 Å². The number of hydrogen-bond acceptors (Lipinski definition) is 1. The average molecular weight is 349 g/mol. The highest BCUT2D eigenvalue weighted by atomic mass is 35.5. The molecule has 0 heterocycles. The maximum absolute atomic E-state index is 6.25. The van der Waals surface area contributed by atoms with E-state index in [0.717, 1.165) is 17.5 Å². The topological polar surface area (TPSA) is 12.0 Å². The number of likely N-dealkylation sites (N-methyl/N-ethyl adjacent to an activating group) is 1. The molecule has 0 radical (unpaired) electrons. The second kappa shape index (κ2) is 7.02. The standard InChI is InChI=1S/C15H13Cl4N/c1-20-14(15-11(17)3-2-4-12(15)18)8-9-5-6-10(16)13(19)7-9/h2-7,14,20H,8H2,1H3. The molecule has 20 heavy (non-hydrogen) atoms. The van der Waals surface area contributed by atoms with Gasteiger partial charge in [0.2, 0.25) is 0 Å². The summed E-state index contributed by atoms with van der Waals surface area (Å²) in [4.78, 5) is 0. The molecule has 1 unspecified atom stereocenters. The van der Waals surface area contributed by atoms with Gasteiger partial charge < -0.3 is 5.32 Å². The minimum Gasteiger partial charge on any atom is -0.313 e. The SMILES string of the molecule is CNC(Cc1ccc(Cl)c(Cl)c1)c1c(Cl)cccc1Cl. The van der Waals surface area contributed by atoms with Crippen LogP contribution in [0.4, 0.5) is 0 Å². The van der Waals surface area contributed by atoms with Crippen LogP contribution in [0.2, 0.25) is 20.1 Å². The molecular weight excluding hydrogens is 336 g/mol. The average Bonchev–Trinajstić information content (AvgIpc) is 2.41. The Kier molecular flexibility index (Phi) is 5.59. The van der Waals surface area contributed by atoms with E-state index in [1.807, 2.05) is 37.4 Å². The van der Waals surface area contributed by atoms with Gasteiger partial charge in [-0.15, -0.1) is 0 Å². The van der Waals surface area contributed by atoms with E-state index in [-0.39, 0.29) is 6.04 Å². The fraction of sp³-hybridized carbons (Fsp3) is 0.200. The predicted octanol–water partition coefficient (Wildman–Crippen LogP) is 5.80. The Balaban J connectivity index is 2.31. The molecule has 0 aliphatic carbocycles. The van der Waals surface area contributed by atoms with Gasteiger partial charge in [-0.25, -0.2) is 0 Å². The monoisotopic (exact) mass is 347 g/mol. The Labute approximate surface area is 138 Å². The van der Waals surface area contributed by atoms with E-state index in [1.165, 1.54) is 0 Å². The summed E-state index contributed by atoms with van der Waals surface area (Å²) in [5.41, 5.74) is 1.96. The van der Waals surface area contributed by atoms with Crippen LogP contribution < -0.4 is 5.32 Å². The highest BCUT2D eigenvalue weighted by Gasteiger charge is 2.17. The van der Waals surface area contributed by atoms with E-state index in [4.69, 9.17) is 46.4 Å². The molecule has 2 rings (SSSR count). The molecule has 0 saturated carbocycles. The van der Waals surface area contributed by atoms with Gasteiger partial charge >= 0.3 is 0 Å². The largest absolute Gasteiger partial charge is 0.313 e. The van der Waals surface area contributed by atoms with Crippen molar-refractivity contribution >= 4 is 46.4 Å². The maximum atomic E-state index is 6.25. The Morgan fingerprint density at radius 3 is 2.10 bits per heavy atom. The molecule has 0 saturated heterocycles. The first-order chi connectivity index (χ1) is 9.52. The van der Waals surface area contributed by atoms with Crippen LogP contribution in [0.15, 0.2) is 36.4 Å². The molecule has 2 aromatic rings. The van der Waals surface area contributed by atoms with Gasteiger partial charge in [0.05, 0.1) is 10.0 Å². The molecule has 0 bridgehead atoms. The Morgan fingerprint density at radius 1 is 0.900 bits per heavy atom. The molecule has 2 aromatic carbocycles. The second-order valence-corrected chi connectivity index (χ2v) is 6.06. The summed E-state index contributed by atoms with van der Waals surface area (Å²) in [6.07, 6.45) is 0.719. The van der Waals surface area contributed by atoms with Crippen molar-refractivity contribution < 1.29 is 0 Å². The third kappa shape index (κ3) is 3.60. The molecule has 0 fully saturated rings. The molecule has 5 heteroatoms. The number of rotatable bonds is 4. The normalized spacial score (nSPS) is 12.4. The van der Waals surface area contributed by atoms with Crippen LogP contribution in [0.1, 0.15) is 17.2 Å². The quantitative estimate of drug-likeness (QED) is 0.735. The second-order valence-electron chi connectivity index (χ2n) is 4.43. The highest BCUT2D eigenvalue weighted by Crippen LogP contribution is 2.33. The van der Waals surface area contributed by atoms with Crippen LogP contribution in [-0.2, 0) is 6.42 Å². The van der Waals surface area contributed by atoms with E-state index in [1.54, 1.807) is 6.07 Å².